The van der Waals surface area contributed by atoms with Crippen LogP contribution >= 0.6 is 0 Å². The number of methoxy groups -OCH3 is 1. The Morgan fingerprint density at radius 3 is 2.56 bits per heavy atom. The molecule has 94 valence electrons. The number of likely N-dealkylation sites (N-methyl/N-ethyl adjacent to an activating group) is 1. The van der Waals surface area contributed by atoms with Crippen LogP contribution in [0.4, 0.5) is 5.69 Å². The highest BCUT2D eigenvalue weighted by Crippen LogP contribution is 2.13. The van der Waals surface area contributed by atoms with Crippen LogP contribution in [0.15, 0.2) is 35.9 Å². The van der Waals surface area contributed by atoms with Crippen LogP contribution in [0.5, 0.6) is 0 Å². The van der Waals surface area contributed by atoms with E-state index in [1.807, 2.05) is 30.2 Å². The van der Waals surface area contributed by atoms with Gasteiger partial charge in [-0.1, -0.05) is 6.08 Å². The Hall–Kier alpha value is -2.28. The van der Waals surface area contributed by atoms with E-state index < -0.39 is 0 Å². The Morgan fingerprint density at radius 2 is 2.06 bits per heavy atom. The highest BCUT2D eigenvalue weighted by Gasteiger charge is 2.04. The minimum atomic E-state index is -0.316. The molecule has 0 heterocycles. The van der Waals surface area contributed by atoms with E-state index in [2.05, 4.69) is 10.8 Å². The summed E-state index contributed by atoms with van der Waals surface area (Å²) in [5.74, 6) is -0.316. The lowest BCUT2D eigenvalue weighted by molar-refractivity contribution is -0.136. The summed E-state index contributed by atoms with van der Waals surface area (Å²) in [7, 11) is 3.28. The molecule has 0 aliphatic rings. The third kappa shape index (κ3) is 3.63. The number of nitrogens with zero attached hydrogens (tertiary/aromatic N) is 2. The van der Waals surface area contributed by atoms with Gasteiger partial charge in [-0.3, -0.25) is 0 Å². The summed E-state index contributed by atoms with van der Waals surface area (Å²) in [5.41, 5.74) is 2.20. The van der Waals surface area contributed by atoms with Crippen LogP contribution in [0.1, 0.15) is 12.5 Å². The van der Waals surface area contributed by atoms with Crippen molar-refractivity contribution in [3.8, 4) is 6.07 Å². The first-order chi connectivity index (χ1) is 8.58. The smallest absolute Gasteiger partial charge is 0.333 e. The predicted molar refractivity (Wildman–Crippen MR) is 70.2 cm³/mol. The van der Waals surface area contributed by atoms with E-state index in [1.165, 1.54) is 7.11 Å². The molecule has 0 saturated carbocycles. The molecule has 0 spiro atoms. The van der Waals surface area contributed by atoms with Crippen molar-refractivity contribution in [3.05, 3.63) is 41.5 Å². The van der Waals surface area contributed by atoms with Crippen molar-refractivity contribution in [1.29, 1.82) is 5.26 Å². The van der Waals surface area contributed by atoms with Crippen LogP contribution in [-0.4, -0.2) is 26.7 Å². The zero-order valence-electron chi connectivity index (χ0n) is 10.8. The molecule has 1 aromatic carbocycles. The number of hydrogen-bond donors (Lipinski definition) is 0. The van der Waals surface area contributed by atoms with Gasteiger partial charge in [0.25, 0.3) is 0 Å². The molecule has 1 rings (SSSR count). The van der Waals surface area contributed by atoms with E-state index in [0.29, 0.717) is 17.7 Å². The molecule has 0 aliphatic heterocycles. The molecule has 0 radical (unpaired) electrons. The van der Waals surface area contributed by atoms with Gasteiger partial charge in [0.05, 0.1) is 18.7 Å². The van der Waals surface area contributed by atoms with Crippen molar-refractivity contribution < 1.29 is 9.53 Å². The van der Waals surface area contributed by atoms with Gasteiger partial charge >= 0.3 is 5.97 Å². The van der Waals surface area contributed by atoms with Gasteiger partial charge in [-0.05, 0) is 31.2 Å². The molecule has 0 aliphatic carbocycles. The number of rotatable bonds is 4. The number of hydrogen-bond acceptors (Lipinski definition) is 4. The molecule has 4 nitrogen and oxygen atoms in total. The van der Waals surface area contributed by atoms with Gasteiger partial charge in [0.15, 0.2) is 0 Å². The van der Waals surface area contributed by atoms with Gasteiger partial charge in [0.1, 0.15) is 0 Å². The summed E-state index contributed by atoms with van der Waals surface area (Å²) < 4.78 is 4.62. The van der Waals surface area contributed by atoms with E-state index in [-0.39, 0.29) is 5.97 Å². The van der Waals surface area contributed by atoms with E-state index >= 15 is 0 Å². The van der Waals surface area contributed by atoms with Crippen LogP contribution in [0, 0.1) is 11.3 Å². The van der Waals surface area contributed by atoms with Crippen LogP contribution in [0.25, 0.3) is 0 Å². The Bertz CT molecular complexity index is 484. The Kier molecular flexibility index (Phi) is 4.94. The molecule has 0 bridgehead atoms. The average Bonchev–Trinajstić information content (AvgIpc) is 2.43. The number of carbonyl (C=O) groups is 1. The lowest BCUT2D eigenvalue weighted by Crippen LogP contribution is -2.17. The van der Waals surface area contributed by atoms with Crippen LogP contribution < -0.4 is 4.90 Å². The van der Waals surface area contributed by atoms with Crippen LogP contribution in [0.3, 0.4) is 0 Å². The molecular formula is C14H16N2O2. The SMILES string of the molecule is COC(=O)C(C)=CCN(C)c1ccc(C#N)cc1. The van der Waals surface area contributed by atoms with Crippen molar-refractivity contribution in [2.75, 3.05) is 25.6 Å². The Labute approximate surface area is 107 Å². The lowest BCUT2D eigenvalue weighted by Gasteiger charge is -2.17. The zero-order chi connectivity index (χ0) is 13.5. The molecule has 0 N–H and O–H groups in total. The van der Waals surface area contributed by atoms with Gasteiger partial charge < -0.3 is 9.64 Å². The summed E-state index contributed by atoms with van der Waals surface area (Å²) >= 11 is 0. The second-order valence-corrected chi connectivity index (χ2v) is 3.92. The van der Waals surface area contributed by atoms with Gasteiger partial charge in [-0.15, -0.1) is 0 Å². The first-order valence-corrected chi connectivity index (χ1v) is 5.55. The fourth-order valence-corrected chi connectivity index (χ4v) is 1.41. The van der Waals surface area contributed by atoms with Gasteiger partial charge in [-0.25, -0.2) is 4.79 Å². The lowest BCUT2D eigenvalue weighted by atomic mass is 10.2. The number of ether oxygens (including phenoxy) is 1. The first-order valence-electron chi connectivity index (χ1n) is 5.55. The van der Waals surface area contributed by atoms with E-state index in [9.17, 15) is 4.79 Å². The maximum absolute atomic E-state index is 11.2. The topological polar surface area (TPSA) is 53.3 Å². The molecule has 4 heteroatoms. The van der Waals surface area contributed by atoms with Crippen LogP contribution in [0.2, 0.25) is 0 Å². The summed E-state index contributed by atoms with van der Waals surface area (Å²) in [6.45, 7) is 2.32. The second-order valence-electron chi connectivity index (χ2n) is 3.92. The van der Waals surface area contributed by atoms with Crippen molar-refractivity contribution in [1.82, 2.24) is 0 Å². The first kappa shape index (κ1) is 13.8. The van der Waals surface area contributed by atoms with Gasteiger partial charge in [0, 0.05) is 24.9 Å². The maximum atomic E-state index is 11.2. The second kappa shape index (κ2) is 6.45. The zero-order valence-corrected chi connectivity index (χ0v) is 10.8. The van der Waals surface area contributed by atoms with E-state index in [0.717, 1.165) is 5.69 Å². The molecular weight excluding hydrogens is 228 g/mol. The molecule has 18 heavy (non-hydrogen) atoms. The third-order valence-electron chi connectivity index (χ3n) is 2.62. The maximum Gasteiger partial charge on any atom is 0.333 e. The third-order valence-corrected chi connectivity index (χ3v) is 2.62. The van der Waals surface area contributed by atoms with Crippen molar-refractivity contribution >= 4 is 11.7 Å². The molecule has 0 unspecified atom stereocenters. The summed E-state index contributed by atoms with van der Waals surface area (Å²) in [6, 6.07) is 9.36. The summed E-state index contributed by atoms with van der Waals surface area (Å²) in [4.78, 5) is 13.2. The van der Waals surface area contributed by atoms with Crippen molar-refractivity contribution in [2.24, 2.45) is 0 Å². The number of nitriles is 1. The number of benzene rings is 1. The fourth-order valence-electron chi connectivity index (χ4n) is 1.41. The van der Waals surface area contributed by atoms with Gasteiger partial charge in [-0.2, -0.15) is 5.26 Å². The molecule has 0 atom stereocenters. The predicted octanol–water partition coefficient (Wildman–Crippen LogP) is 2.11. The number of anilines is 1. The molecule has 0 amide bonds. The molecule has 0 fully saturated rings. The minimum absolute atomic E-state index is 0.316. The Balaban J connectivity index is 2.68. The van der Waals surface area contributed by atoms with Crippen molar-refractivity contribution in [2.45, 2.75) is 6.92 Å². The summed E-state index contributed by atoms with van der Waals surface area (Å²) in [6.07, 6.45) is 1.81. The monoisotopic (exact) mass is 244 g/mol. The molecule has 0 saturated heterocycles. The summed E-state index contributed by atoms with van der Waals surface area (Å²) in [5, 5.41) is 8.71. The quantitative estimate of drug-likeness (QED) is 0.601. The number of carbonyl (C=O) groups excluding carboxylic acids is 1. The fraction of sp³-hybridized carbons (Fsp3) is 0.286. The highest BCUT2D eigenvalue weighted by atomic mass is 16.5. The Morgan fingerprint density at radius 1 is 1.44 bits per heavy atom. The average molecular weight is 244 g/mol. The van der Waals surface area contributed by atoms with E-state index in [4.69, 9.17) is 5.26 Å². The normalized spacial score (nSPS) is 10.7. The van der Waals surface area contributed by atoms with E-state index in [1.54, 1.807) is 19.1 Å². The molecule has 1 aromatic rings. The highest BCUT2D eigenvalue weighted by molar-refractivity contribution is 5.87. The van der Waals surface area contributed by atoms with Crippen molar-refractivity contribution in [3.63, 3.8) is 0 Å². The number of esters is 1. The standard InChI is InChI=1S/C14H16N2O2/c1-11(14(17)18-3)8-9-16(2)13-6-4-12(10-15)5-7-13/h4-8H,9H2,1-3H3. The molecule has 0 aromatic heterocycles. The largest absolute Gasteiger partial charge is 0.466 e. The minimum Gasteiger partial charge on any atom is -0.466 e. The van der Waals surface area contributed by atoms with Crippen LogP contribution in [-0.2, 0) is 9.53 Å². The van der Waals surface area contributed by atoms with Gasteiger partial charge in [0.2, 0.25) is 0 Å².